The molecule has 0 aliphatic carbocycles. The van der Waals surface area contributed by atoms with E-state index >= 15 is 0 Å². The van der Waals surface area contributed by atoms with Gasteiger partial charge in [-0.2, -0.15) is 0 Å². The fourth-order valence-corrected chi connectivity index (χ4v) is 4.26. The maximum absolute atomic E-state index is 10.7. The zero-order valence-corrected chi connectivity index (χ0v) is 25.4. The molecule has 38 heavy (non-hydrogen) atoms. The second kappa shape index (κ2) is 35.7. The van der Waals surface area contributed by atoms with E-state index in [9.17, 15) is 9.59 Å². The van der Waals surface area contributed by atoms with Crippen LogP contribution in [-0.4, -0.2) is 35.0 Å². The highest BCUT2D eigenvalue weighted by molar-refractivity contribution is 5.75. The van der Waals surface area contributed by atoms with Crippen LogP contribution in [0.15, 0.2) is 24.3 Å². The number of aliphatic hydroxyl groups is 2. The molecule has 0 saturated carbocycles. The Labute approximate surface area is 236 Å². The van der Waals surface area contributed by atoms with Gasteiger partial charge >= 0.3 is 0 Å². The summed E-state index contributed by atoms with van der Waals surface area (Å²) in [5.74, 6) is 0.642. The summed E-state index contributed by atoms with van der Waals surface area (Å²) in [5, 5.41) is 17.3. The molecule has 0 unspecified atom stereocenters. The number of ketones is 2. The SMILES string of the molecule is CC(=O)CCCCCCC/C=C/CCCCCCO.CC(=O)CCCCCCC/C=C\CCCCCCO. The third-order valence-electron chi connectivity index (χ3n) is 6.69. The molecule has 0 aliphatic heterocycles. The van der Waals surface area contributed by atoms with Crippen LogP contribution >= 0.6 is 0 Å². The van der Waals surface area contributed by atoms with E-state index in [0.717, 1.165) is 51.4 Å². The molecule has 0 amide bonds. The third kappa shape index (κ3) is 41.9. The lowest BCUT2D eigenvalue weighted by Crippen LogP contribution is -1.89. The van der Waals surface area contributed by atoms with Crippen LogP contribution in [-0.2, 0) is 9.59 Å². The Morgan fingerprint density at radius 3 is 0.895 bits per heavy atom. The van der Waals surface area contributed by atoms with Crippen molar-refractivity contribution in [1.82, 2.24) is 0 Å². The first-order chi connectivity index (χ1) is 18.5. The Morgan fingerprint density at radius 2 is 0.632 bits per heavy atom. The second-order valence-corrected chi connectivity index (χ2v) is 10.8. The molecule has 0 aromatic carbocycles. The number of hydrogen-bond donors (Lipinski definition) is 2. The van der Waals surface area contributed by atoms with Crippen molar-refractivity contribution in [3.63, 3.8) is 0 Å². The average molecular weight is 537 g/mol. The molecule has 0 rings (SSSR count). The lowest BCUT2D eigenvalue weighted by atomic mass is 10.1. The standard InChI is InChI=1S/2C17H32O2/c2*1-17(19)15-13-11-9-7-5-3-2-4-6-8-10-12-14-16-18/h2*2,4,18H,3,5-16H2,1H3/b4-2+;4-2-. The zero-order chi connectivity index (χ0) is 28.4. The van der Waals surface area contributed by atoms with E-state index in [-0.39, 0.29) is 0 Å². The van der Waals surface area contributed by atoms with Gasteiger partial charge in [0.1, 0.15) is 11.6 Å². The van der Waals surface area contributed by atoms with Crippen molar-refractivity contribution in [2.24, 2.45) is 0 Å². The summed E-state index contributed by atoms with van der Waals surface area (Å²) in [6.45, 7) is 4.02. The van der Waals surface area contributed by atoms with Crippen LogP contribution in [0.25, 0.3) is 0 Å². The van der Waals surface area contributed by atoms with Gasteiger partial charge in [0.05, 0.1) is 0 Å². The maximum atomic E-state index is 10.7. The van der Waals surface area contributed by atoms with Crippen molar-refractivity contribution in [3.8, 4) is 0 Å². The summed E-state index contributed by atoms with van der Waals surface area (Å²) < 4.78 is 0. The van der Waals surface area contributed by atoms with E-state index in [1.807, 2.05) is 0 Å². The number of hydrogen-bond acceptors (Lipinski definition) is 4. The van der Waals surface area contributed by atoms with Crippen LogP contribution < -0.4 is 0 Å². The van der Waals surface area contributed by atoms with E-state index in [4.69, 9.17) is 10.2 Å². The number of carbonyl (C=O) groups excluding carboxylic acids is 2. The minimum Gasteiger partial charge on any atom is -0.396 e. The van der Waals surface area contributed by atoms with Gasteiger partial charge in [0, 0.05) is 26.1 Å². The summed E-state index contributed by atoms with van der Waals surface area (Å²) in [7, 11) is 0. The molecule has 0 aliphatic rings. The average Bonchev–Trinajstić information content (AvgIpc) is 2.89. The molecule has 0 radical (unpaired) electrons. The topological polar surface area (TPSA) is 74.6 Å². The molecule has 0 fully saturated rings. The van der Waals surface area contributed by atoms with E-state index < -0.39 is 0 Å². The third-order valence-corrected chi connectivity index (χ3v) is 6.69. The smallest absolute Gasteiger partial charge is 0.129 e. The normalized spacial score (nSPS) is 11.3. The molecule has 0 saturated heterocycles. The van der Waals surface area contributed by atoms with Crippen LogP contribution in [0.3, 0.4) is 0 Å². The number of unbranched alkanes of at least 4 members (excludes halogenated alkanes) is 18. The first-order valence-electron chi connectivity index (χ1n) is 16.0. The first kappa shape index (κ1) is 38.9. The molecule has 224 valence electrons. The molecular formula is C34H64O4. The van der Waals surface area contributed by atoms with Gasteiger partial charge in [0.15, 0.2) is 0 Å². The zero-order valence-electron chi connectivity index (χ0n) is 25.4. The molecule has 0 heterocycles. The minimum atomic E-state index is 0.321. The van der Waals surface area contributed by atoms with Crippen LogP contribution in [0.2, 0.25) is 0 Å². The number of carbonyl (C=O) groups is 2. The molecule has 0 spiro atoms. The number of rotatable bonds is 28. The van der Waals surface area contributed by atoms with Gasteiger partial charge < -0.3 is 19.8 Å². The first-order valence-corrected chi connectivity index (χ1v) is 16.0. The van der Waals surface area contributed by atoms with Crippen molar-refractivity contribution < 1.29 is 19.8 Å². The predicted octanol–water partition coefficient (Wildman–Crippen LogP) is 9.61. The summed E-state index contributed by atoms with van der Waals surface area (Å²) >= 11 is 0. The van der Waals surface area contributed by atoms with Gasteiger partial charge in [-0.05, 0) is 90.9 Å². The molecule has 0 aromatic rings. The van der Waals surface area contributed by atoms with Crippen LogP contribution in [0.1, 0.15) is 168 Å². The van der Waals surface area contributed by atoms with E-state index in [2.05, 4.69) is 24.3 Å². The summed E-state index contributed by atoms with van der Waals surface area (Å²) in [6.07, 6.45) is 36.9. The number of allylic oxidation sites excluding steroid dienone is 4. The second-order valence-electron chi connectivity index (χ2n) is 10.8. The highest BCUT2D eigenvalue weighted by Gasteiger charge is 1.95. The summed E-state index contributed by atoms with van der Waals surface area (Å²) in [4.78, 5) is 21.5. The molecule has 0 aromatic heterocycles. The van der Waals surface area contributed by atoms with Gasteiger partial charge in [0.25, 0.3) is 0 Å². The summed E-state index contributed by atoms with van der Waals surface area (Å²) in [5.41, 5.74) is 0. The Bertz CT molecular complexity index is 491. The van der Waals surface area contributed by atoms with Crippen molar-refractivity contribution in [2.75, 3.05) is 13.2 Å². The minimum absolute atomic E-state index is 0.321. The van der Waals surface area contributed by atoms with Gasteiger partial charge in [-0.15, -0.1) is 0 Å². The van der Waals surface area contributed by atoms with Gasteiger partial charge in [0.2, 0.25) is 0 Å². The molecule has 4 nitrogen and oxygen atoms in total. The Balaban J connectivity index is 0. The van der Waals surface area contributed by atoms with E-state index in [1.165, 1.54) is 103 Å². The largest absolute Gasteiger partial charge is 0.396 e. The molecule has 0 bridgehead atoms. The predicted molar refractivity (Wildman–Crippen MR) is 165 cm³/mol. The van der Waals surface area contributed by atoms with Crippen molar-refractivity contribution in [2.45, 2.75) is 168 Å². The lowest BCUT2D eigenvalue weighted by molar-refractivity contribution is -0.117. The lowest BCUT2D eigenvalue weighted by Gasteiger charge is -1.99. The van der Waals surface area contributed by atoms with Crippen LogP contribution in [0.4, 0.5) is 0 Å². The summed E-state index contributed by atoms with van der Waals surface area (Å²) in [6, 6.07) is 0. The molecule has 4 heteroatoms. The quantitative estimate of drug-likeness (QED) is 0.0771. The molecular weight excluding hydrogens is 472 g/mol. The molecule has 2 N–H and O–H groups in total. The van der Waals surface area contributed by atoms with E-state index in [0.29, 0.717) is 24.8 Å². The highest BCUT2D eigenvalue weighted by atomic mass is 16.3. The molecule has 0 atom stereocenters. The van der Waals surface area contributed by atoms with Gasteiger partial charge in [-0.3, -0.25) is 0 Å². The van der Waals surface area contributed by atoms with Crippen LogP contribution in [0.5, 0.6) is 0 Å². The van der Waals surface area contributed by atoms with E-state index in [1.54, 1.807) is 13.8 Å². The van der Waals surface area contributed by atoms with Crippen molar-refractivity contribution in [1.29, 1.82) is 0 Å². The Kier molecular flexibility index (Phi) is 36.6. The monoisotopic (exact) mass is 536 g/mol. The number of aliphatic hydroxyl groups excluding tert-OH is 2. The van der Waals surface area contributed by atoms with Gasteiger partial charge in [-0.25, -0.2) is 0 Å². The van der Waals surface area contributed by atoms with Crippen LogP contribution in [0, 0.1) is 0 Å². The van der Waals surface area contributed by atoms with Crippen molar-refractivity contribution >= 4 is 11.6 Å². The number of Topliss-reactive ketones (excluding diaryl/α,β-unsaturated/α-hetero) is 2. The Morgan fingerprint density at radius 1 is 0.395 bits per heavy atom. The van der Waals surface area contributed by atoms with Crippen molar-refractivity contribution in [3.05, 3.63) is 24.3 Å². The fraction of sp³-hybridized carbons (Fsp3) is 0.824. The maximum Gasteiger partial charge on any atom is 0.129 e. The fourth-order valence-electron chi connectivity index (χ4n) is 4.26. The Hall–Kier alpha value is -1.26. The van der Waals surface area contributed by atoms with Gasteiger partial charge in [-0.1, -0.05) is 88.5 Å². The highest BCUT2D eigenvalue weighted by Crippen LogP contribution is 2.10.